The van der Waals surface area contributed by atoms with Crippen LogP contribution in [0, 0.1) is 5.92 Å². The van der Waals surface area contributed by atoms with Crippen molar-refractivity contribution in [3.63, 3.8) is 0 Å². The molecule has 18 heavy (non-hydrogen) atoms. The van der Waals surface area contributed by atoms with E-state index in [1.807, 2.05) is 0 Å². The lowest BCUT2D eigenvalue weighted by Crippen LogP contribution is -2.43. The predicted molar refractivity (Wildman–Crippen MR) is 73.8 cm³/mol. The zero-order chi connectivity index (χ0) is 13.5. The fourth-order valence-corrected chi connectivity index (χ4v) is 2.44. The number of rotatable bonds is 7. The van der Waals surface area contributed by atoms with Gasteiger partial charge in [-0.25, -0.2) is 0 Å². The average Bonchev–Trinajstić information content (AvgIpc) is 2.34. The molecule has 1 atom stereocenters. The van der Waals surface area contributed by atoms with E-state index in [0.717, 1.165) is 13.1 Å². The molecule has 0 aromatic heterocycles. The van der Waals surface area contributed by atoms with Gasteiger partial charge in [-0.1, -0.05) is 13.3 Å². The second kappa shape index (κ2) is 7.74. The lowest BCUT2D eigenvalue weighted by Gasteiger charge is -2.32. The van der Waals surface area contributed by atoms with Gasteiger partial charge in [-0.3, -0.25) is 9.69 Å². The van der Waals surface area contributed by atoms with Crippen LogP contribution in [0.3, 0.4) is 0 Å². The number of hydrogen-bond acceptors (Lipinski definition) is 3. The number of piperidine rings is 1. The van der Waals surface area contributed by atoms with Gasteiger partial charge in [0.25, 0.3) is 0 Å². The van der Waals surface area contributed by atoms with Crippen LogP contribution in [-0.4, -0.2) is 59.6 Å². The van der Waals surface area contributed by atoms with E-state index >= 15 is 0 Å². The van der Waals surface area contributed by atoms with Gasteiger partial charge >= 0.3 is 5.97 Å². The molecule has 0 saturated carbocycles. The lowest BCUT2D eigenvalue weighted by molar-refractivity contribution is -0.141. The van der Waals surface area contributed by atoms with Gasteiger partial charge in [0, 0.05) is 25.7 Å². The molecule has 1 aliphatic rings. The summed E-state index contributed by atoms with van der Waals surface area (Å²) in [5.74, 6) is -0.979. The molecule has 1 saturated heterocycles. The Balaban J connectivity index is 2.35. The summed E-state index contributed by atoms with van der Waals surface area (Å²) in [6.45, 7) is 11.2. The van der Waals surface area contributed by atoms with Crippen molar-refractivity contribution < 1.29 is 9.90 Å². The molecular weight excluding hydrogens is 228 g/mol. The standard InChI is InChI=1S/C14H28N2O2/c1-12(2)16(11-13(3)14(17)18)10-9-15-7-5-4-6-8-15/h12-13H,4-11H2,1-3H3,(H,17,18). The second-order valence-electron chi connectivity index (χ2n) is 5.73. The van der Waals surface area contributed by atoms with Crippen molar-refractivity contribution in [2.75, 3.05) is 32.7 Å². The largest absolute Gasteiger partial charge is 0.481 e. The maximum atomic E-state index is 10.9. The molecule has 1 unspecified atom stereocenters. The Morgan fingerprint density at radius 2 is 1.83 bits per heavy atom. The highest BCUT2D eigenvalue weighted by molar-refractivity contribution is 5.69. The van der Waals surface area contributed by atoms with Crippen molar-refractivity contribution >= 4 is 5.97 Å². The first kappa shape index (κ1) is 15.4. The number of carboxylic acid groups (broad SMARTS) is 1. The van der Waals surface area contributed by atoms with Gasteiger partial charge < -0.3 is 10.0 Å². The Kier molecular flexibility index (Phi) is 6.65. The molecule has 4 heteroatoms. The van der Waals surface area contributed by atoms with E-state index in [1.165, 1.54) is 32.4 Å². The highest BCUT2D eigenvalue weighted by Crippen LogP contribution is 2.10. The molecule has 0 bridgehead atoms. The van der Waals surface area contributed by atoms with Crippen LogP contribution in [0.5, 0.6) is 0 Å². The number of nitrogens with zero attached hydrogens (tertiary/aromatic N) is 2. The first-order chi connectivity index (χ1) is 8.50. The van der Waals surface area contributed by atoms with Gasteiger partial charge in [0.1, 0.15) is 0 Å². The average molecular weight is 256 g/mol. The van der Waals surface area contributed by atoms with Crippen LogP contribution in [0.1, 0.15) is 40.0 Å². The summed E-state index contributed by atoms with van der Waals surface area (Å²) in [6, 6.07) is 0.414. The Labute approximate surface area is 111 Å². The molecule has 1 rings (SSSR count). The Morgan fingerprint density at radius 3 is 2.33 bits per heavy atom. The van der Waals surface area contributed by atoms with Crippen LogP contribution in [0.15, 0.2) is 0 Å². The van der Waals surface area contributed by atoms with E-state index < -0.39 is 5.97 Å². The molecule has 0 spiro atoms. The molecule has 0 aromatic rings. The van der Waals surface area contributed by atoms with Gasteiger partial charge in [-0.05, 0) is 39.8 Å². The summed E-state index contributed by atoms with van der Waals surface area (Å²) >= 11 is 0. The SMILES string of the molecule is CC(CN(CCN1CCCCC1)C(C)C)C(=O)O. The number of carbonyl (C=O) groups is 1. The van der Waals surface area contributed by atoms with Gasteiger partial charge in [0.15, 0.2) is 0 Å². The van der Waals surface area contributed by atoms with Gasteiger partial charge in [-0.2, -0.15) is 0 Å². The van der Waals surface area contributed by atoms with Crippen LogP contribution in [0.4, 0.5) is 0 Å². The normalized spacial score (nSPS) is 19.4. The third kappa shape index (κ3) is 5.36. The first-order valence-corrected chi connectivity index (χ1v) is 7.20. The minimum absolute atomic E-state index is 0.284. The third-order valence-corrected chi connectivity index (χ3v) is 3.81. The van der Waals surface area contributed by atoms with E-state index in [2.05, 4.69) is 23.6 Å². The predicted octanol–water partition coefficient (Wildman–Crippen LogP) is 1.90. The molecule has 0 aliphatic carbocycles. The molecule has 1 heterocycles. The van der Waals surface area contributed by atoms with Crippen molar-refractivity contribution in [2.45, 2.75) is 46.1 Å². The zero-order valence-electron chi connectivity index (χ0n) is 12.1. The summed E-state index contributed by atoms with van der Waals surface area (Å²) in [5.41, 5.74) is 0. The topological polar surface area (TPSA) is 43.8 Å². The van der Waals surface area contributed by atoms with Crippen molar-refractivity contribution in [1.82, 2.24) is 9.80 Å². The summed E-state index contributed by atoms with van der Waals surface area (Å²) in [4.78, 5) is 15.7. The Morgan fingerprint density at radius 1 is 1.22 bits per heavy atom. The maximum absolute atomic E-state index is 10.9. The van der Waals surface area contributed by atoms with Gasteiger partial charge in [0.05, 0.1) is 5.92 Å². The second-order valence-corrected chi connectivity index (χ2v) is 5.73. The van der Waals surface area contributed by atoms with E-state index in [-0.39, 0.29) is 5.92 Å². The number of carboxylic acids is 1. The fourth-order valence-electron chi connectivity index (χ4n) is 2.44. The number of aliphatic carboxylic acids is 1. The lowest BCUT2D eigenvalue weighted by atomic mass is 10.1. The summed E-state index contributed by atoms with van der Waals surface area (Å²) in [6.07, 6.45) is 3.99. The van der Waals surface area contributed by atoms with E-state index in [9.17, 15) is 4.79 Å². The van der Waals surface area contributed by atoms with Gasteiger partial charge in [-0.15, -0.1) is 0 Å². The highest BCUT2D eigenvalue weighted by atomic mass is 16.4. The summed E-state index contributed by atoms with van der Waals surface area (Å²) in [7, 11) is 0. The number of hydrogen-bond donors (Lipinski definition) is 1. The minimum Gasteiger partial charge on any atom is -0.481 e. The third-order valence-electron chi connectivity index (χ3n) is 3.81. The molecule has 1 aliphatic heterocycles. The molecule has 106 valence electrons. The van der Waals surface area contributed by atoms with Crippen molar-refractivity contribution in [2.24, 2.45) is 5.92 Å². The minimum atomic E-state index is -0.696. The zero-order valence-corrected chi connectivity index (χ0v) is 12.1. The first-order valence-electron chi connectivity index (χ1n) is 7.20. The van der Waals surface area contributed by atoms with E-state index in [0.29, 0.717) is 12.6 Å². The van der Waals surface area contributed by atoms with Crippen LogP contribution in [0.2, 0.25) is 0 Å². The smallest absolute Gasteiger partial charge is 0.307 e. The Hall–Kier alpha value is -0.610. The van der Waals surface area contributed by atoms with Crippen LogP contribution < -0.4 is 0 Å². The van der Waals surface area contributed by atoms with Crippen molar-refractivity contribution in [1.29, 1.82) is 0 Å². The van der Waals surface area contributed by atoms with E-state index in [1.54, 1.807) is 6.92 Å². The van der Waals surface area contributed by atoms with E-state index in [4.69, 9.17) is 5.11 Å². The van der Waals surface area contributed by atoms with Crippen LogP contribution in [-0.2, 0) is 4.79 Å². The molecule has 1 fully saturated rings. The molecule has 0 aromatic carbocycles. The molecule has 0 amide bonds. The quantitative estimate of drug-likeness (QED) is 0.755. The summed E-state index contributed by atoms with van der Waals surface area (Å²) in [5, 5.41) is 8.99. The maximum Gasteiger partial charge on any atom is 0.307 e. The molecule has 0 radical (unpaired) electrons. The number of likely N-dealkylation sites (tertiary alicyclic amines) is 1. The monoisotopic (exact) mass is 256 g/mol. The highest BCUT2D eigenvalue weighted by Gasteiger charge is 2.19. The Bertz CT molecular complexity index is 250. The molecular formula is C14H28N2O2. The van der Waals surface area contributed by atoms with Crippen LogP contribution in [0.25, 0.3) is 0 Å². The van der Waals surface area contributed by atoms with Gasteiger partial charge in [0.2, 0.25) is 0 Å². The van der Waals surface area contributed by atoms with Crippen LogP contribution >= 0.6 is 0 Å². The van der Waals surface area contributed by atoms with Crippen molar-refractivity contribution in [3.05, 3.63) is 0 Å². The molecule has 4 nitrogen and oxygen atoms in total. The summed E-state index contributed by atoms with van der Waals surface area (Å²) < 4.78 is 0. The van der Waals surface area contributed by atoms with Crippen molar-refractivity contribution in [3.8, 4) is 0 Å². The molecule has 1 N–H and O–H groups in total. The fraction of sp³-hybridized carbons (Fsp3) is 0.929.